The van der Waals surface area contributed by atoms with E-state index in [1.807, 2.05) is 0 Å². The number of halogens is 3. The third kappa shape index (κ3) is 4.02. The largest absolute Gasteiger partial charge is 0.470 e. The summed E-state index contributed by atoms with van der Waals surface area (Å²) in [5.41, 5.74) is -1.54. The smallest absolute Gasteiger partial charge is 0.421 e. The van der Waals surface area contributed by atoms with Gasteiger partial charge in [-0.05, 0) is 32.9 Å². The van der Waals surface area contributed by atoms with Crippen LogP contribution in [0.3, 0.4) is 0 Å². The molecule has 1 aromatic heterocycles. The molecule has 0 aliphatic carbocycles. The third-order valence-electron chi connectivity index (χ3n) is 2.85. The van der Waals surface area contributed by atoms with Crippen molar-refractivity contribution in [2.45, 2.75) is 38.7 Å². The molecule has 2 rings (SSSR count). The van der Waals surface area contributed by atoms with E-state index >= 15 is 0 Å². The Hall–Kier alpha value is -1.99. The summed E-state index contributed by atoms with van der Waals surface area (Å²) in [6.07, 6.45) is -4.33. The Morgan fingerprint density at radius 3 is 2.50 bits per heavy atom. The summed E-state index contributed by atoms with van der Waals surface area (Å²) in [7, 11) is 0. The molecule has 0 unspecified atom stereocenters. The molecular formula is C14H17F3N2O3. The Bertz CT molecular complexity index is 549. The number of pyridine rings is 1. The lowest BCUT2D eigenvalue weighted by atomic mass is 10.1. The first-order valence-electron chi connectivity index (χ1n) is 6.73. The number of ether oxygens (including phenoxy) is 2. The van der Waals surface area contributed by atoms with E-state index < -0.39 is 35.4 Å². The first-order valence-corrected chi connectivity index (χ1v) is 6.73. The van der Waals surface area contributed by atoms with Crippen molar-refractivity contribution in [1.29, 1.82) is 0 Å². The lowest BCUT2D eigenvalue weighted by molar-refractivity contribution is -0.140. The monoisotopic (exact) mass is 318 g/mol. The van der Waals surface area contributed by atoms with E-state index in [0.29, 0.717) is 0 Å². The number of hydrogen-bond donors (Lipinski definition) is 0. The van der Waals surface area contributed by atoms with Gasteiger partial charge in [-0.3, -0.25) is 0 Å². The Morgan fingerprint density at radius 1 is 1.32 bits per heavy atom. The van der Waals surface area contributed by atoms with Crippen LogP contribution in [0.5, 0.6) is 5.88 Å². The van der Waals surface area contributed by atoms with Crippen LogP contribution in [0.2, 0.25) is 0 Å². The van der Waals surface area contributed by atoms with Crippen molar-refractivity contribution in [3.8, 4) is 5.88 Å². The van der Waals surface area contributed by atoms with E-state index in [1.54, 1.807) is 20.8 Å². The quantitative estimate of drug-likeness (QED) is 0.841. The molecule has 0 spiro atoms. The van der Waals surface area contributed by atoms with Crippen molar-refractivity contribution in [3.63, 3.8) is 0 Å². The number of aromatic nitrogens is 1. The molecule has 2 heterocycles. The summed E-state index contributed by atoms with van der Waals surface area (Å²) in [6.45, 7) is 5.55. The fourth-order valence-electron chi connectivity index (χ4n) is 1.85. The molecule has 0 radical (unpaired) electrons. The zero-order valence-electron chi connectivity index (χ0n) is 12.5. The number of amides is 1. The van der Waals surface area contributed by atoms with Crippen molar-refractivity contribution in [3.05, 3.63) is 23.9 Å². The number of alkyl halides is 3. The molecule has 0 saturated carbocycles. The van der Waals surface area contributed by atoms with Gasteiger partial charge >= 0.3 is 12.3 Å². The van der Waals surface area contributed by atoms with Gasteiger partial charge in [0.15, 0.2) is 0 Å². The van der Waals surface area contributed by atoms with Gasteiger partial charge in [0.25, 0.3) is 0 Å². The van der Waals surface area contributed by atoms with E-state index in [0.717, 1.165) is 6.07 Å². The van der Waals surface area contributed by atoms with Crippen molar-refractivity contribution in [2.75, 3.05) is 13.1 Å². The van der Waals surface area contributed by atoms with Gasteiger partial charge < -0.3 is 14.4 Å². The minimum absolute atomic E-state index is 0.169. The van der Waals surface area contributed by atoms with E-state index in [9.17, 15) is 18.0 Å². The van der Waals surface area contributed by atoms with Crippen molar-refractivity contribution < 1.29 is 27.4 Å². The summed E-state index contributed by atoms with van der Waals surface area (Å²) in [4.78, 5) is 16.7. The van der Waals surface area contributed by atoms with Gasteiger partial charge in [0.05, 0.1) is 13.1 Å². The lowest BCUT2D eigenvalue weighted by Gasteiger charge is -2.39. The highest BCUT2D eigenvalue weighted by Crippen LogP contribution is 2.35. The molecule has 5 nitrogen and oxygen atoms in total. The molecule has 0 atom stereocenters. The topological polar surface area (TPSA) is 51.7 Å². The average molecular weight is 318 g/mol. The second kappa shape index (κ2) is 5.66. The van der Waals surface area contributed by atoms with Gasteiger partial charge in [-0.15, -0.1) is 0 Å². The number of carbonyl (C=O) groups excluding carboxylic acids is 1. The predicted octanol–water partition coefficient (Wildman–Crippen LogP) is 3.10. The Kier molecular flexibility index (Phi) is 4.21. The zero-order valence-corrected chi connectivity index (χ0v) is 12.5. The number of nitrogens with zero attached hydrogens (tertiary/aromatic N) is 2. The van der Waals surface area contributed by atoms with Crippen molar-refractivity contribution >= 4 is 6.09 Å². The highest BCUT2D eigenvalue weighted by atomic mass is 19.4. The highest BCUT2D eigenvalue weighted by molar-refractivity contribution is 5.69. The molecule has 22 heavy (non-hydrogen) atoms. The van der Waals surface area contributed by atoms with Gasteiger partial charge in [0.2, 0.25) is 5.88 Å². The van der Waals surface area contributed by atoms with Gasteiger partial charge in [0, 0.05) is 6.20 Å². The minimum Gasteiger partial charge on any atom is -0.470 e. The minimum atomic E-state index is -4.53. The summed E-state index contributed by atoms with van der Waals surface area (Å²) < 4.78 is 48.8. The lowest BCUT2D eigenvalue weighted by Crippen LogP contribution is -2.57. The van der Waals surface area contributed by atoms with Crippen LogP contribution < -0.4 is 4.74 Å². The standard InChI is InChI=1S/C14H17F3N2O3/c1-13(2,3)22-12(20)19-7-9(8-19)21-11-10(14(15,16)17)5-4-6-18-11/h4-6,9H,7-8H2,1-3H3. The van der Waals surface area contributed by atoms with Crippen LogP contribution in [0.25, 0.3) is 0 Å². The SMILES string of the molecule is CC(C)(C)OC(=O)N1CC(Oc2ncccc2C(F)(F)F)C1. The molecule has 1 aliphatic rings. The van der Waals surface area contributed by atoms with Gasteiger partial charge in [-0.1, -0.05) is 0 Å². The second-order valence-electron chi connectivity index (χ2n) is 5.98. The van der Waals surface area contributed by atoms with Gasteiger partial charge in [-0.2, -0.15) is 13.2 Å². The summed E-state index contributed by atoms with van der Waals surface area (Å²) in [5, 5.41) is 0. The first kappa shape index (κ1) is 16.4. The summed E-state index contributed by atoms with van der Waals surface area (Å²) in [6, 6.07) is 2.11. The number of carbonyl (C=O) groups is 1. The molecular weight excluding hydrogens is 301 g/mol. The Balaban J connectivity index is 1.93. The van der Waals surface area contributed by atoms with E-state index in [4.69, 9.17) is 9.47 Å². The maximum absolute atomic E-state index is 12.8. The molecule has 122 valence electrons. The van der Waals surface area contributed by atoms with Crippen LogP contribution in [-0.4, -0.2) is 40.8 Å². The fourth-order valence-corrected chi connectivity index (χ4v) is 1.85. The summed E-state index contributed by atoms with van der Waals surface area (Å²) >= 11 is 0. The first-order chi connectivity index (χ1) is 10.1. The van der Waals surface area contributed by atoms with E-state index in [-0.39, 0.29) is 13.1 Å². The van der Waals surface area contributed by atoms with E-state index in [1.165, 1.54) is 17.2 Å². The van der Waals surface area contributed by atoms with Crippen LogP contribution in [0.15, 0.2) is 18.3 Å². The Labute approximate surface area is 126 Å². The molecule has 1 amide bonds. The molecule has 8 heteroatoms. The molecule has 1 fully saturated rings. The maximum atomic E-state index is 12.8. The van der Waals surface area contributed by atoms with Crippen molar-refractivity contribution in [2.24, 2.45) is 0 Å². The molecule has 1 saturated heterocycles. The Morgan fingerprint density at radius 2 is 1.95 bits per heavy atom. The zero-order chi connectivity index (χ0) is 16.5. The van der Waals surface area contributed by atoms with Crippen LogP contribution in [0.4, 0.5) is 18.0 Å². The second-order valence-corrected chi connectivity index (χ2v) is 5.98. The van der Waals surface area contributed by atoms with Crippen LogP contribution in [0.1, 0.15) is 26.3 Å². The average Bonchev–Trinajstić information content (AvgIpc) is 2.30. The molecule has 1 aromatic rings. The predicted molar refractivity (Wildman–Crippen MR) is 71.5 cm³/mol. The molecule has 0 N–H and O–H groups in total. The number of likely N-dealkylation sites (tertiary alicyclic amines) is 1. The normalized spacial score (nSPS) is 16.2. The van der Waals surface area contributed by atoms with Gasteiger partial charge in [0.1, 0.15) is 17.3 Å². The van der Waals surface area contributed by atoms with Crippen LogP contribution >= 0.6 is 0 Å². The number of hydrogen-bond acceptors (Lipinski definition) is 4. The van der Waals surface area contributed by atoms with Crippen LogP contribution in [0, 0.1) is 0 Å². The molecule has 0 bridgehead atoms. The fraction of sp³-hybridized carbons (Fsp3) is 0.571. The van der Waals surface area contributed by atoms with Crippen molar-refractivity contribution in [1.82, 2.24) is 9.88 Å². The third-order valence-corrected chi connectivity index (χ3v) is 2.85. The van der Waals surface area contributed by atoms with Crippen LogP contribution in [-0.2, 0) is 10.9 Å². The summed E-state index contributed by atoms with van der Waals surface area (Å²) in [5.74, 6) is -0.469. The molecule has 0 aromatic carbocycles. The van der Waals surface area contributed by atoms with E-state index in [2.05, 4.69) is 4.98 Å². The molecule has 1 aliphatic heterocycles. The number of rotatable bonds is 2. The highest BCUT2D eigenvalue weighted by Gasteiger charge is 2.39. The van der Waals surface area contributed by atoms with Gasteiger partial charge in [-0.25, -0.2) is 9.78 Å². The maximum Gasteiger partial charge on any atom is 0.421 e.